The van der Waals surface area contributed by atoms with E-state index in [1.807, 2.05) is 41.3 Å². The summed E-state index contributed by atoms with van der Waals surface area (Å²) in [7, 11) is 0. The van der Waals surface area contributed by atoms with E-state index in [9.17, 15) is 4.79 Å². The number of rotatable bonds is 5. The van der Waals surface area contributed by atoms with E-state index in [1.54, 1.807) is 6.92 Å². The van der Waals surface area contributed by atoms with Crippen molar-refractivity contribution in [3.63, 3.8) is 0 Å². The Kier molecular flexibility index (Phi) is 4.94. The molecule has 0 radical (unpaired) electrons. The van der Waals surface area contributed by atoms with Gasteiger partial charge in [-0.25, -0.2) is 0 Å². The van der Waals surface area contributed by atoms with Crippen molar-refractivity contribution in [1.82, 2.24) is 4.90 Å². The first kappa shape index (κ1) is 14.3. The molecular formula is C18H21NO. The second-order valence-corrected chi connectivity index (χ2v) is 4.97. The summed E-state index contributed by atoms with van der Waals surface area (Å²) in [6.07, 6.45) is 0.913. The maximum atomic E-state index is 12.0. The standard InChI is InChI=1S/C18H21NO/c1-3-18(17-12-8-5-9-13-17)19(15(2)20)14-16-10-6-4-7-11-16/h4-13,18H,3,14H2,1-2H3. The first-order chi connectivity index (χ1) is 9.72. The molecule has 0 N–H and O–H groups in total. The molecule has 104 valence electrons. The Morgan fingerprint density at radius 2 is 1.55 bits per heavy atom. The van der Waals surface area contributed by atoms with Crippen LogP contribution in [0.5, 0.6) is 0 Å². The molecule has 0 aliphatic carbocycles. The van der Waals surface area contributed by atoms with Gasteiger partial charge in [-0.05, 0) is 17.5 Å². The molecule has 0 bridgehead atoms. The molecule has 2 nitrogen and oxygen atoms in total. The average Bonchev–Trinajstić information content (AvgIpc) is 2.49. The fourth-order valence-corrected chi connectivity index (χ4v) is 2.53. The van der Waals surface area contributed by atoms with Gasteiger partial charge >= 0.3 is 0 Å². The first-order valence-electron chi connectivity index (χ1n) is 7.08. The number of hydrogen-bond acceptors (Lipinski definition) is 1. The molecule has 0 aliphatic rings. The van der Waals surface area contributed by atoms with Crippen LogP contribution >= 0.6 is 0 Å². The van der Waals surface area contributed by atoms with E-state index in [0.29, 0.717) is 6.54 Å². The Hall–Kier alpha value is -2.09. The highest BCUT2D eigenvalue weighted by atomic mass is 16.2. The second-order valence-electron chi connectivity index (χ2n) is 4.97. The van der Waals surface area contributed by atoms with Gasteiger partial charge in [-0.15, -0.1) is 0 Å². The summed E-state index contributed by atoms with van der Waals surface area (Å²) in [5.41, 5.74) is 2.36. The number of amides is 1. The highest BCUT2D eigenvalue weighted by Gasteiger charge is 2.21. The molecule has 2 heteroatoms. The summed E-state index contributed by atoms with van der Waals surface area (Å²) >= 11 is 0. The molecule has 0 saturated carbocycles. The van der Waals surface area contributed by atoms with Gasteiger partial charge in [-0.1, -0.05) is 67.6 Å². The minimum absolute atomic E-state index is 0.115. The molecule has 0 spiro atoms. The molecule has 2 rings (SSSR count). The minimum Gasteiger partial charge on any atom is -0.332 e. The molecule has 0 saturated heterocycles. The first-order valence-corrected chi connectivity index (χ1v) is 7.08. The fourth-order valence-electron chi connectivity index (χ4n) is 2.53. The Bertz CT molecular complexity index is 536. The molecule has 0 heterocycles. The molecule has 2 aromatic rings. The topological polar surface area (TPSA) is 20.3 Å². The van der Waals surface area contributed by atoms with E-state index < -0.39 is 0 Å². The van der Waals surface area contributed by atoms with Crippen molar-refractivity contribution >= 4 is 5.91 Å². The van der Waals surface area contributed by atoms with Crippen LogP contribution in [0.15, 0.2) is 60.7 Å². The van der Waals surface area contributed by atoms with E-state index >= 15 is 0 Å². The number of nitrogens with zero attached hydrogens (tertiary/aromatic N) is 1. The molecule has 1 amide bonds. The van der Waals surface area contributed by atoms with Crippen LogP contribution in [0.1, 0.15) is 37.4 Å². The number of benzene rings is 2. The zero-order valence-corrected chi connectivity index (χ0v) is 12.1. The van der Waals surface area contributed by atoms with Crippen molar-refractivity contribution in [1.29, 1.82) is 0 Å². The Labute approximate surface area is 121 Å². The van der Waals surface area contributed by atoms with E-state index in [-0.39, 0.29) is 11.9 Å². The van der Waals surface area contributed by atoms with E-state index in [2.05, 4.69) is 31.2 Å². The highest BCUT2D eigenvalue weighted by Crippen LogP contribution is 2.25. The van der Waals surface area contributed by atoms with E-state index in [4.69, 9.17) is 0 Å². The Balaban J connectivity index is 2.25. The lowest BCUT2D eigenvalue weighted by atomic mass is 10.0. The van der Waals surface area contributed by atoms with Gasteiger partial charge in [-0.2, -0.15) is 0 Å². The van der Waals surface area contributed by atoms with Gasteiger partial charge in [0.15, 0.2) is 0 Å². The zero-order chi connectivity index (χ0) is 14.4. The lowest BCUT2D eigenvalue weighted by molar-refractivity contribution is -0.132. The van der Waals surface area contributed by atoms with Gasteiger partial charge in [0.2, 0.25) is 5.91 Å². The van der Waals surface area contributed by atoms with Crippen LogP contribution in [-0.2, 0) is 11.3 Å². The van der Waals surface area contributed by atoms with Gasteiger partial charge < -0.3 is 4.90 Å². The summed E-state index contributed by atoms with van der Waals surface area (Å²) in [5.74, 6) is 0.115. The Morgan fingerprint density at radius 1 is 1.00 bits per heavy atom. The van der Waals surface area contributed by atoms with E-state index in [1.165, 1.54) is 5.56 Å². The van der Waals surface area contributed by atoms with Gasteiger partial charge in [0, 0.05) is 13.5 Å². The van der Waals surface area contributed by atoms with Crippen LogP contribution in [0.25, 0.3) is 0 Å². The average molecular weight is 267 g/mol. The Morgan fingerprint density at radius 3 is 2.05 bits per heavy atom. The second kappa shape index (κ2) is 6.90. The summed E-state index contributed by atoms with van der Waals surface area (Å²) in [4.78, 5) is 14.0. The summed E-state index contributed by atoms with van der Waals surface area (Å²) in [5, 5.41) is 0. The van der Waals surface area contributed by atoms with Gasteiger partial charge in [0.05, 0.1) is 6.04 Å². The monoisotopic (exact) mass is 267 g/mol. The molecule has 0 fully saturated rings. The third-order valence-corrected chi connectivity index (χ3v) is 3.55. The lowest BCUT2D eigenvalue weighted by Crippen LogP contribution is -2.32. The third kappa shape index (κ3) is 3.47. The van der Waals surface area contributed by atoms with Crippen molar-refractivity contribution < 1.29 is 4.79 Å². The van der Waals surface area contributed by atoms with Crippen LogP contribution in [0, 0.1) is 0 Å². The number of carbonyl (C=O) groups is 1. The summed E-state index contributed by atoms with van der Waals surface area (Å²) in [6.45, 7) is 4.43. The van der Waals surface area contributed by atoms with Crippen molar-refractivity contribution in [2.75, 3.05) is 0 Å². The molecule has 0 aromatic heterocycles. The molecule has 2 aromatic carbocycles. The molecule has 20 heavy (non-hydrogen) atoms. The predicted octanol–water partition coefficient (Wildman–Crippen LogP) is 4.19. The lowest BCUT2D eigenvalue weighted by Gasteiger charge is -2.31. The predicted molar refractivity (Wildman–Crippen MR) is 82.1 cm³/mol. The van der Waals surface area contributed by atoms with Crippen molar-refractivity contribution in [3.8, 4) is 0 Å². The number of hydrogen-bond donors (Lipinski definition) is 0. The number of carbonyl (C=O) groups excluding carboxylic acids is 1. The van der Waals surface area contributed by atoms with Crippen molar-refractivity contribution in [2.24, 2.45) is 0 Å². The largest absolute Gasteiger partial charge is 0.332 e. The SMILES string of the molecule is CCC(c1ccccc1)N(Cc1ccccc1)C(C)=O. The minimum atomic E-state index is 0.115. The molecule has 1 unspecified atom stereocenters. The fraction of sp³-hybridized carbons (Fsp3) is 0.278. The smallest absolute Gasteiger partial charge is 0.220 e. The van der Waals surface area contributed by atoms with Gasteiger partial charge in [0.1, 0.15) is 0 Å². The zero-order valence-electron chi connectivity index (χ0n) is 12.1. The van der Waals surface area contributed by atoms with Gasteiger partial charge in [-0.3, -0.25) is 4.79 Å². The molecule has 1 atom stereocenters. The quantitative estimate of drug-likeness (QED) is 0.795. The van der Waals surface area contributed by atoms with Crippen molar-refractivity contribution in [3.05, 3.63) is 71.8 Å². The van der Waals surface area contributed by atoms with E-state index in [0.717, 1.165) is 12.0 Å². The highest BCUT2D eigenvalue weighted by molar-refractivity contribution is 5.73. The third-order valence-electron chi connectivity index (χ3n) is 3.55. The van der Waals surface area contributed by atoms with Crippen LogP contribution in [0.3, 0.4) is 0 Å². The van der Waals surface area contributed by atoms with Crippen LogP contribution in [0.2, 0.25) is 0 Å². The summed E-state index contributed by atoms with van der Waals surface area (Å²) in [6, 6.07) is 20.5. The summed E-state index contributed by atoms with van der Waals surface area (Å²) < 4.78 is 0. The van der Waals surface area contributed by atoms with Crippen LogP contribution in [-0.4, -0.2) is 10.8 Å². The maximum absolute atomic E-state index is 12.0. The molecular weight excluding hydrogens is 246 g/mol. The molecule has 0 aliphatic heterocycles. The normalized spacial score (nSPS) is 11.9. The van der Waals surface area contributed by atoms with Crippen LogP contribution in [0.4, 0.5) is 0 Å². The maximum Gasteiger partial charge on any atom is 0.220 e. The van der Waals surface area contributed by atoms with Crippen molar-refractivity contribution in [2.45, 2.75) is 32.9 Å². The van der Waals surface area contributed by atoms with Crippen LogP contribution < -0.4 is 0 Å². The van der Waals surface area contributed by atoms with Gasteiger partial charge in [0.25, 0.3) is 0 Å².